The minimum absolute atomic E-state index is 0.150. The molecule has 0 saturated heterocycles. The van der Waals surface area contributed by atoms with Crippen molar-refractivity contribution in [3.8, 4) is 0 Å². The summed E-state index contributed by atoms with van der Waals surface area (Å²) in [7, 11) is 1.63. The first kappa shape index (κ1) is 9.99. The summed E-state index contributed by atoms with van der Waals surface area (Å²) in [6.07, 6.45) is 0.709. The van der Waals surface area contributed by atoms with Crippen LogP contribution in [0.3, 0.4) is 0 Å². The fraction of sp³-hybridized carbons (Fsp3) is 0.222. The van der Waals surface area contributed by atoms with E-state index in [-0.39, 0.29) is 12.4 Å². The Morgan fingerprint density at radius 1 is 1.62 bits per heavy atom. The molecule has 1 aromatic carbocycles. The Bertz CT molecular complexity index is 316. The maximum absolute atomic E-state index is 13.1. The molecule has 0 amide bonds. The zero-order chi connectivity index (χ0) is 9.84. The van der Waals surface area contributed by atoms with Crippen LogP contribution < -0.4 is 4.90 Å². The summed E-state index contributed by atoms with van der Waals surface area (Å²) in [5, 5.41) is 0.453. The molecule has 1 rings (SSSR count). The van der Waals surface area contributed by atoms with Crippen LogP contribution in [0.4, 0.5) is 10.1 Å². The number of halogens is 2. The van der Waals surface area contributed by atoms with E-state index in [2.05, 4.69) is 0 Å². The molecule has 0 aliphatic carbocycles. The van der Waals surface area contributed by atoms with Crippen molar-refractivity contribution in [1.82, 2.24) is 0 Å². The third kappa shape index (κ3) is 2.42. The Morgan fingerprint density at radius 2 is 2.31 bits per heavy atom. The van der Waals surface area contributed by atoms with Crippen LogP contribution in [0.1, 0.15) is 0 Å². The monoisotopic (exact) mass is 201 g/mol. The van der Waals surface area contributed by atoms with Gasteiger partial charge in [0.25, 0.3) is 0 Å². The Morgan fingerprint density at radius 3 is 2.92 bits per heavy atom. The third-order valence-corrected chi connectivity index (χ3v) is 1.90. The van der Waals surface area contributed by atoms with Gasteiger partial charge in [0.1, 0.15) is 12.1 Å². The van der Waals surface area contributed by atoms with Gasteiger partial charge in [-0.2, -0.15) is 0 Å². The Balaban J connectivity index is 2.97. The van der Waals surface area contributed by atoms with Crippen LogP contribution in [0.5, 0.6) is 0 Å². The maximum atomic E-state index is 13.1. The highest BCUT2D eigenvalue weighted by atomic mass is 35.5. The van der Waals surface area contributed by atoms with E-state index >= 15 is 0 Å². The predicted molar refractivity (Wildman–Crippen MR) is 50.7 cm³/mol. The van der Waals surface area contributed by atoms with Crippen LogP contribution in [0.2, 0.25) is 5.02 Å². The van der Waals surface area contributed by atoms with Crippen molar-refractivity contribution in [2.24, 2.45) is 0 Å². The molecule has 0 radical (unpaired) electrons. The maximum Gasteiger partial charge on any atom is 0.146 e. The van der Waals surface area contributed by atoms with Gasteiger partial charge in [0, 0.05) is 12.1 Å². The number of anilines is 1. The summed E-state index contributed by atoms with van der Waals surface area (Å²) in [6.45, 7) is 0.150. The lowest BCUT2D eigenvalue weighted by atomic mass is 10.3. The molecule has 13 heavy (non-hydrogen) atoms. The van der Waals surface area contributed by atoms with E-state index in [1.807, 2.05) is 0 Å². The quantitative estimate of drug-likeness (QED) is 0.699. The first-order valence-electron chi connectivity index (χ1n) is 3.75. The van der Waals surface area contributed by atoms with Crippen LogP contribution in [0, 0.1) is 5.82 Å². The summed E-state index contributed by atoms with van der Waals surface area (Å²) in [4.78, 5) is 11.7. The first-order valence-corrected chi connectivity index (χ1v) is 4.12. The van der Waals surface area contributed by atoms with Crippen LogP contribution >= 0.6 is 11.6 Å². The topological polar surface area (TPSA) is 20.3 Å². The number of nitrogens with zero attached hydrogens (tertiary/aromatic N) is 1. The zero-order valence-corrected chi connectivity index (χ0v) is 7.88. The standard InChI is InChI=1S/C9H9ClFNO/c1-12(4-5-13)9-6-7(10)2-3-8(9)11/h2-3,5-6H,4H2,1H3. The molecule has 0 bridgehead atoms. The molecule has 0 saturated carbocycles. The summed E-state index contributed by atoms with van der Waals surface area (Å²) in [6, 6.07) is 4.23. The lowest BCUT2D eigenvalue weighted by molar-refractivity contribution is -0.106. The number of carbonyl (C=O) groups excluding carboxylic acids is 1. The van der Waals surface area contributed by atoms with E-state index in [9.17, 15) is 9.18 Å². The fourth-order valence-electron chi connectivity index (χ4n) is 0.988. The Kier molecular flexibility index (Phi) is 3.25. The van der Waals surface area contributed by atoms with Crippen molar-refractivity contribution in [2.75, 3.05) is 18.5 Å². The highest BCUT2D eigenvalue weighted by Gasteiger charge is 2.06. The SMILES string of the molecule is CN(CC=O)c1cc(Cl)ccc1F. The highest BCUT2D eigenvalue weighted by Crippen LogP contribution is 2.21. The molecular weight excluding hydrogens is 193 g/mol. The van der Waals surface area contributed by atoms with Crippen LogP contribution in [-0.2, 0) is 4.79 Å². The van der Waals surface area contributed by atoms with Crippen molar-refractivity contribution in [1.29, 1.82) is 0 Å². The average Bonchev–Trinajstić information content (AvgIpc) is 2.09. The zero-order valence-electron chi connectivity index (χ0n) is 7.13. The number of carbonyl (C=O) groups is 1. The van der Waals surface area contributed by atoms with Gasteiger partial charge in [0.2, 0.25) is 0 Å². The number of aldehydes is 1. The van der Waals surface area contributed by atoms with E-state index in [0.29, 0.717) is 17.0 Å². The number of likely N-dealkylation sites (N-methyl/N-ethyl adjacent to an activating group) is 1. The largest absolute Gasteiger partial charge is 0.365 e. The van der Waals surface area contributed by atoms with E-state index < -0.39 is 0 Å². The smallest absolute Gasteiger partial charge is 0.146 e. The van der Waals surface area contributed by atoms with Gasteiger partial charge in [0.05, 0.1) is 12.2 Å². The van der Waals surface area contributed by atoms with Crippen LogP contribution in [0.15, 0.2) is 18.2 Å². The minimum Gasteiger partial charge on any atom is -0.365 e. The lowest BCUT2D eigenvalue weighted by Gasteiger charge is -2.16. The number of rotatable bonds is 3. The van der Waals surface area contributed by atoms with Crippen molar-refractivity contribution in [3.05, 3.63) is 29.0 Å². The number of hydrogen-bond acceptors (Lipinski definition) is 2. The second-order valence-corrected chi connectivity index (χ2v) is 3.08. The molecule has 0 aliphatic heterocycles. The highest BCUT2D eigenvalue weighted by molar-refractivity contribution is 6.30. The second kappa shape index (κ2) is 4.23. The summed E-state index contributed by atoms with van der Waals surface area (Å²) >= 11 is 5.68. The molecule has 0 spiro atoms. The number of benzene rings is 1. The first-order chi connectivity index (χ1) is 6.15. The van der Waals surface area contributed by atoms with E-state index in [0.717, 1.165) is 0 Å². The fourth-order valence-corrected chi connectivity index (χ4v) is 1.15. The minimum atomic E-state index is -0.381. The van der Waals surface area contributed by atoms with Crippen molar-refractivity contribution in [2.45, 2.75) is 0 Å². The van der Waals surface area contributed by atoms with Gasteiger partial charge in [0.15, 0.2) is 0 Å². The van der Waals surface area contributed by atoms with Gasteiger partial charge in [-0.05, 0) is 18.2 Å². The molecule has 70 valence electrons. The summed E-state index contributed by atoms with van der Waals surface area (Å²) in [5.74, 6) is -0.381. The molecule has 0 aliphatic rings. The van der Waals surface area contributed by atoms with Crippen molar-refractivity contribution >= 4 is 23.6 Å². The van der Waals surface area contributed by atoms with Gasteiger partial charge in [-0.1, -0.05) is 11.6 Å². The molecule has 0 N–H and O–H groups in total. The molecule has 0 fully saturated rings. The van der Waals surface area contributed by atoms with E-state index in [1.54, 1.807) is 7.05 Å². The Hall–Kier alpha value is -1.09. The third-order valence-electron chi connectivity index (χ3n) is 1.67. The van der Waals surface area contributed by atoms with Crippen LogP contribution in [0.25, 0.3) is 0 Å². The Labute approximate surface area is 80.9 Å². The molecule has 1 aromatic rings. The van der Waals surface area contributed by atoms with E-state index in [4.69, 9.17) is 11.6 Å². The second-order valence-electron chi connectivity index (χ2n) is 2.64. The molecule has 0 atom stereocenters. The molecule has 2 nitrogen and oxygen atoms in total. The predicted octanol–water partition coefficient (Wildman–Crippen LogP) is 2.11. The molecule has 4 heteroatoms. The van der Waals surface area contributed by atoms with Crippen molar-refractivity contribution < 1.29 is 9.18 Å². The summed E-state index contributed by atoms with van der Waals surface area (Å²) in [5.41, 5.74) is 0.333. The molecule has 0 heterocycles. The van der Waals surface area contributed by atoms with Gasteiger partial charge in [-0.25, -0.2) is 4.39 Å². The van der Waals surface area contributed by atoms with Gasteiger partial charge >= 0.3 is 0 Å². The van der Waals surface area contributed by atoms with E-state index in [1.165, 1.54) is 23.1 Å². The molecule has 0 aromatic heterocycles. The van der Waals surface area contributed by atoms with Crippen LogP contribution in [-0.4, -0.2) is 19.9 Å². The van der Waals surface area contributed by atoms with Crippen molar-refractivity contribution in [3.63, 3.8) is 0 Å². The van der Waals surface area contributed by atoms with Gasteiger partial charge < -0.3 is 9.69 Å². The lowest BCUT2D eigenvalue weighted by Crippen LogP contribution is -2.20. The van der Waals surface area contributed by atoms with Gasteiger partial charge in [-0.15, -0.1) is 0 Å². The average molecular weight is 202 g/mol. The molecular formula is C9H9ClFNO. The normalized spacial score (nSPS) is 9.77. The summed E-state index contributed by atoms with van der Waals surface area (Å²) < 4.78 is 13.1. The molecule has 0 unspecified atom stereocenters. The van der Waals surface area contributed by atoms with Gasteiger partial charge in [-0.3, -0.25) is 0 Å². The number of hydrogen-bond donors (Lipinski definition) is 0.